The van der Waals surface area contributed by atoms with Crippen molar-refractivity contribution in [3.8, 4) is 11.5 Å². The Morgan fingerprint density at radius 2 is 1.81 bits per heavy atom. The van der Waals surface area contributed by atoms with Gasteiger partial charge in [-0.15, -0.1) is 0 Å². The minimum atomic E-state index is -1.07. The highest BCUT2D eigenvalue weighted by Gasteiger charge is 2.42. The van der Waals surface area contributed by atoms with E-state index < -0.39 is 18.7 Å². The van der Waals surface area contributed by atoms with Crippen molar-refractivity contribution in [2.45, 2.75) is 31.5 Å². The van der Waals surface area contributed by atoms with Crippen LogP contribution in [0.2, 0.25) is 5.02 Å². The fourth-order valence-corrected chi connectivity index (χ4v) is 5.41. The highest BCUT2D eigenvalue weighted by Crippen LogP contribution is 2.54. The summed E-state index contributed by atoms with van der Waals surface area (Å²) in [6.07, 6.45) is 0.0609. The Morgan fingerprint density at radius 1 is 1.11 bits per heavy atom. The van der Waals surface area contributed by atoms with Crippen molar-refractivity contribution in [2.75, 3.05) is 13.7 Å². The van der Waals surface area contributed by atoms with E-state index in [2.05, 4.69) is 34.6 Å². The third-order valence-electron chi connectivity index (χ3n) is 6.51. The van der Waals surface area contributed by atoms with Gasteiger partial charge in [-0.1, -0.05) is 82.1 Å². The van der Waals surface area contributed by atoms with E-state index in [-0.39, 0.29) is 17.9 Å². The molecule has 1 heterocycles. The van der Waals surface area contributed by atoms with Crippen molar-refractivity contribution >= 4 is 33.5 Å². The number of carbonyl (C=O) groups is 1. The molecule has 0 radical (unpaired) electrons. The van der Waals surface area contributed by atoms with Gasteiger partial charge in [0.2, 0.25) is 0 Å². The van der Waals surface area contributed by atoms with Gasteiger partial charge in [0.05, 0.1) is 19.3 Å². The molecule has 5 nitrogen and oxygen atoms in total. The van der Waals surface area contributed by atoms with E-state index in [9.17, 15) is 9.90 Å². The minimum Gasteiger partial charge on any atom is -0.493 e. The summed E-state index contributed by atoms with van der Waals surface area (Å²) >= 11 is 9.75. The molecule has 3 aromatic rings. The third-order valence-corrected chi connectivity index (χ3v) is 7.22. The molecule has 0 aromatic heterocycles. The smallest absolute Gasteiger partial charge is 0.341 e. The van der Waals surface area contributed by atoms with Gasteiger partial charge < -0.3 is 19.3 Å². The third kappa shape index (κ3) is 5.77. The summed E-state index contributed by atoms with van der Waals surface area (Å²) < 4.78 is 19.0. The topological polar surface area (TPSA) is 65.0 Å². The number of ether oxygens (including phenoxy) is 3. The average molecular weight is 572 g/mol. The largest absolute Gasteiger partial charge is 0.493 e. The van der Waals surface area contributed by atoms with E-state index in [4.69, 9.17) is 25.8 Å². The van der Waals surface area contributed by atoms with Gasteiger partial charge in [0.15, 0.2) is 18.1 Å². The predicted octanol–water partition coefficient (Wildman–Crippen LogP) is 7.75. The maximum absolute atomic E-state index is 11.3. The lowest BCUT2D eigenvalue weighted by Gasteiger charge is -2.43. The lowest BCUT2D eigenvalue weighted by atomic mass is 9.74. The van der Waals surface area contributed by atoms with Gasteiger partial charge in [0, 0.05) is 26.9 Å². The molecule has 1 N–H and O–H groups in total. The van der Waals surface area contributed by atoms with Crippen LogP contribution >= 0.6 is 27.5 Å². The van der Waals surface area contributed by atoms with Gasteiger partial charge in [-0.05, 0) is 48.7 Å². The summed E-state index contributed by atoms with van der Waals surface area (Å²) in [5.74, 6) is -0.270. The first kappa shape index (κ1) is 26.3. The summed E-state index contributed by atoms with van der Waals surface area (Å²) in [7, 11) is 1.53. The van der Waals surface area contributed by atoms with Crippen molar-refractivity contribution in [3.63, 3.8) is 0 Å². The summed E-state index contributed by atoms with van der Waals surface area (Å²) in [5.41, 5.74) is 3.87. The zero-order valence-corrected chi connectivity index (χ0v) is 22.5. The molecule has 0 spiro atoms. The molecular formula is C29H28BrClO5. The van der Waals surface area contributed by atoms with Crippen LogP contribution in [0.3, 0.4) is 0 Å². The maximum Gasteiger partial charge on any atom is 0.341 e. The number of hydrogen-bond donors (Lipinski definition) is 1. The van der Waals surface area contributed by atoms with Crippen molar-refractivity contribution in [1.82, 2.24) is 0 Å². The molecule has 36 heavy (non-hydrogen) atoms. The second-order valence-corrected chi connectivity index (χ2v) is 10.3. The van der Waals surface area contributed by atoms with Crippen LogP contribution in [0.4, 0.5) is 0 Å². The Hall–Kier alpha value is -2.80. The quantitative estimate of drug-likeness (QED) is 0.280. The van der Waals surface area contributed by atoms with Crippen LogP contribution < -0.4 is 9.47 Å². The summed E-state index contributed by atoms with van der Waals surface area (Å²) in [5, 5.41) is 9.93. The standard InChI is InChI=1S/C29H28BrClO5/c1-17(2)22-15-23(18-7-5-4-6-8-18)27(19-9-11-21(31)12-10-19)36-28(22)24-13-20(30)14-25(34-3)29(24)35-16-26(32)33/h4-14,22-23,27-28H,1,15-16H2,2-3H3,(H,32,33)/t22-,23-,27+,28+/m1/s1. The number of hydrogen-bond acceptors (Lipinski definition) is 4. The van der Waals surface area contributed by atoms with Gasteiger partial charge in [0.25, 0.3) is 0 Å². The van der Waals surface area contributed by atoms with Gasteiger partial charge in [-0.3, -0.25) is 0 Å². The van der Waals surface area contributed by atoms with E-state index >= 15 is 0 Å². The number of aliphatic carboxylic acids is 1. The molecule has 0 amide bonds. The maximum atomic E-state index is 11.3. The minimum absolute atomic E-state index is 0.0510. The molecule has 1 saturated heterocycles. The monoisotopic (exact) mass is 570 g/mol. The fraction of sp³-hybridized carbons (Fsp3) is 0.276. The average Bonchev–Trinajstić information content (AvgIpc) is 2.87. The lowest BCUT2D eigenvalue weighted by molar-refractivity contribution is -0.139. The van der Waals surface area contributed by atoms with Crippen LogP contribution in [0.1, 0.15) is 48.2 Å². The molecule has 188 valence electrons. The molecule has 1 aliphatic rings. The van der Waals surface area contributed by atoms with Gasteiger partial charge in [-0.2, -0.15) is 0 Å². The number of carboxylic acid groups (broad SMARTS) is 1. The molecule has 0 aliphatic carbocycles. The Bertz CT molecular complexity index is 1230. The van der Waals surface area contributed by atoms with Gasteiger partial charge >= 0.3 is 5.97 Å². The van der Waals surface area contributed by atoms with Crippen molar-refractivity contribution in [3.05, 3.63) is 105 Å². The molecule has 1 fully saturated rings. The van der Waals surface area contributed by atoms with Crippen LogP contribution in [-0.4, -0.2) is 24.8 Å². The Labute approximate surface area is 224 Å². The molecule has 0 unspecified atom stereocenters. The molecule has 4 rings (SSSR count). The first-order valence-electron chi connectivity index (χ1n) is 11.6. The summed E-state index contributed by atoms with van der Waals surface area (Å²) in [4.78, 5) is 11.3. The SMILES string of the molecule is C=C(C)[C@H]1C[C@H](c2ccccc2)[C@H](c2ccc(Cl)cc2)O[C@@H]1c1cc(Br)cc(OC)c1OCC(=O)O. The van der Waals surface area contributed by atoms with Crippen molar-refractivity contribution in [1.29, 1.82) is 0 Å². The Kier molecular flexibility index (Phi) is 8.39. The molecule has 0 saturated carbocycles. The molecular weight excluding hydrogens is 544 g/mol. The number of halogens is 2. The van der Waals surface area contributed by atoms with E-state index in [0.717, 1.165) is 22.0 Å². The highest BCUT2D eigenvalue weighted by atomic mass is 79.9. The predicted molar refractivity (Wildman–Crippen MR) is 144 cm³/mol. The van der Waals surface area contributed by atoms with Crippen LogP contribution in [-0.2, 0) is 9.53 Å². The zero-order valence-electron chi connectivity index (χ0n) is 20.1. The zero-order chi connectivity index (χ0) is 25.8. The first-order chi connectivity index (χ1) is 17.3. The van der Waals surface area contributed by atoms with Crippen LogP contribution in [0, 0.1) is 5.92 Å². The number of methoxy groups -OCH3 is 1. The molecule has 0 bridgehead atoms. The van der Waals surface area contributed by atoms with Crippen LogP contribution in [0.25, 0.3) is 0 Å². The van der Waals surface area contributed by atoms with E-state index in [0.29, 0.717) is 22.1 Å². The van der Waals surface area contributed by atoms with Crippen LogP contribution in [0.15, 0.2) is 83.4 Å². The molecule has 1 aliphatic heterocycles. The number of benzene rings is 3. The van der Waals surface area contributed by atoms with Crippen molar-refractivity contribution in [2.24, 2.45) is 5.92 Å². The first-order valence-corrected chi connectivity index (χ1v) is 12.8. The fourth-order valence-electron chi connectivity index (χ4n) is 4.83. The number of carboxylic acids is 1. The molecule has 4 atom stereocenters. The van der Waals surface area contributed by atoms with Crippen LogP contribution in [0.5, 0.6) is 11.5 Å². The lowest BCUT2D eigenvalue weighted by Crippen LogP contribution is -2.32. The second kappa shape index (κ2) is 11.5. The summed E-state index contributed by atoms with van der Waals surface area (Å²) in [6, 6.07) is 21.7. The Morgan fingerprint density at radius 3 is 2.42 bits per heavy atom. The van der Waals surface area contributed by atoms with E-state index in [1.165, 1.54) is 12.7 Å². The number of rotatable bonds is 8. The molecule has 3 aromatic carbocycles. The summed E-state index contributed by atoms with van der Waals surface area (Å²) in [6.45, 7) is 5.79. The second-order valence-electron chi connectivity index (χ2n) is 8.94. The van der Waals surface area contributed by atoms with Gasteiger partial charge in [-0.25, -0.2) is 4.79 Å². The normalized spacial score (nSPS) is 21.6. The highest BCUT2D eigenvalue weighted by molar-refractivity contribution is 9.10. The van der Waals surface area contributed by atoms with E-state index in [1.807, 2.05) is 55.5 Å². The molecule has 7 heteroatoms. The van der Waals surface area contributed by atoms with Gasteiger partial charge in [0.1, 0.15) is 0 Å². The Balaban J connectivity index is 1.84. The van der Waals surface area contributed by atoms with Crippen molar-refractivity contribution < 1.29 is 24.1 Å². The van der Waals surface area contributed by atoms with E-state index in [1.54, 1.807) is 6.07 Å².